The molecule has 0 unspecified atom stereocenters. The van der Waals surface area contributed by atoms with E-state index in [1.165, 1.54) is 7.11 Å². The topological polar surface area (TPSA) is 47.6 Å². The molecule has 0 amide bonds. The molecule has 0 aromatic heterocycles. The molecular weight excluding hydrogens is 206 g/mol. The highest BCUT2D eigenvalue weighted by atomic mass is 16.5. The van der Waals surface area contributed by atoms with Crippen LogP contribution in [-0.2, 0) is 9.53 Å². The number of nitrogens with one attached hydrogen (secondary N) is 1. The number of esters is 1. The Labute approximate surface area is 95.6 Å². The second-order valence-corrected chi connectivity index (χ2v) is 3.94. The number of carbonyl (C=O) groups excluding carboxylic acids is 1. The van der Waals surface area contributed by atoms with E-state index in [4.69, 9.17) is 9.47 Å². The first-order chi connectivity index (χ1) is 7.51. The predicted molar refractivity (Wildman–Crippen MR) is 62.7 cm³/mol. The number of benzene rings is 1. The van der Waals surface area contributed by atoms with Gasteiger partial charge in [0.15, 0.2) is 0 Å². The van der Waals surface area contributed by atoms with Crippen LogP contribution in [-0.4, -0.2) is 25.7 Å². The molecule has 0 aliphatic heterocycles. The van der Waals surface area contributed by atoms with Gasteiger partial charge in [-0.2, -0.15) is 0 Å². The minimum Gasteiger partial charge on any atom is -0.495 e. The van der Waals surface area contributed by atoms with Crippen molar-refractivity contribution in [2.24, 2.45) is 0 Å². The van der Waals surface area contributed by atoms with Crippen LogP contribution in [0.4, 0.5) is 5.69 Å². The maximum absolute atomic E-state index is 11.5. The molecule has 0 aliphatic carbocycles. The van der Waals surface area contributed by atoms with Crippen LogP contribution in [0.2, 0.25) is 0 Å². The summed E-state index contributed by atoms with van der Waals surface area (Å²) < 4.78 is 9.91. The normalized spacial score (nSPS) is 10.8. The Morgan fingerprint density at radius 3 is 2.44 bits per heavy atom. The van der Waals surface area contributed by atoms with E-state index in [9.17, 15) is 4.79 Å². The zero-order valence-electron chi connectivity index (χ0n) is 10.0. The molecule has 1 aromatic rings. The highest BCUT2D eigenvalue weighted by molar-refractivity contribution is 5.84. The molecular formula is C12H17NO3. The number of methoxy groups -OCH3 is 2. The fourth-order valence-electron chi connectivity index (χ4n) is 1.39. The molecule has 16 heavy (non-hydrogen) atoms. The van der Waals surface area contributed by atoms with Crippen LogP contribution in [0.15, 0.2) is 24.3 Å². The molecule has 0 atom stereocenters. The first-order valence-electron chi connectivity index (χ1n) is 5.01. The third kappa shape index (κ3) is 2.66. The van der Waals surface area contributed by atoms with Gasteiger partial charge in [-0.1, -0.05) is 12.1 Å². The minimum absolute atomic E-state index is 0.321. The molecule has 0 saturated carbocycles. The molecule has 0 fully saturated rings. The van der Waals surface area contributed by atoms with Crippen molar-refractivity contribution in [3.8, 4) is 5.75 Å². The van der Waals surface area contributed by atoms with Gasteiger partial charge < -0.3 is 14.8 Å². The van der Waals surface area contributed by atoms with E-state index in [-0.39, 0.29) is 5.97 Å². The van der Waals surface area contributed by atoms with Crippen LogP contribution in [0.3, 0.4) is 0 Å². The smallest absolute Gasteiger partial charge is 0.330 e. The average molecular weight is 223 g/mol. The van der Waals surface area contributed by atoms with Crippen LogP contribution in [0.5, 0.6) is 5.75 Å². The van der Waals surface area contributed by atoms with Crippen molar-refractivity contribution in [2.75, 3.05) is 19.5 Å². The molecule has 88 valence electrons. The third-order valence-electron chi connectivity index (χ3n) is 2.25. The van der Waals surface area contributed by atoms with Gasteiger partial charge in [0.25, 0.3) is 0 Å². The van der Waals surface area contributed by atoms with Gasteiger partial charge in [0.2, 0.25) is 0 Å². The summed E-state index contributed by atoms with van der Waals surface area (Å²) in [6, 6.07) is 7.42. The van der Waals surface area contributed by atoms with E-state index >= 15 is 0 Å². The van der Waals surface area contributed by atoms with E-state index < -0.39 is 5.54 Å². The Kier molecular flexibility index (Phi) is 3.77. The Morgan fingerprint density at radius 1 is 1.25 bits per heavy atom. The van der Waals surface area contributed by atoms with Gasteiger partial charge in [0.05, 0.1) is 19.9 Å². The highest BCUT2D eigenvalue weighted by Gasteiger charge is 2.29. The lowest BCUT2D eigenvalue weighted by Crippen LogP contribution is -2.41. The first-order valence-corrected chi connectivity index (χ1v) is 5.01. The Balaban J connectivity index is 2.91. The van der Waals surface area contributed by atoms with E-state index in [1.807, 2.05) is 24.3 Å². The molecule has 0 radical (unpaired) electrons. The van der Waals surface area contributed by atoms with Crippen molar-refractivity contribution in [3.05, 3.63) is 24.3 Å². The Morgan fingerprint density at radius 2 is 1.88 bits per heavy atom. The van der Waals surface area contributed by atoms with Crippen molar-refractivity contribution in [1.82, 2.24) is 0 Å². The van der Waals surface area contributed by atoms with Crippen LogP contribution in [0.25, 0.3) is 0 Å². The predicted octanol–water partition coefficient (Wildman–Crippen LogP) is 2.06. The summed E-state index contributed by atoms with van der Waals surface area (Å²) in [5.74, 6) is 0.373. The van der Waals surface area contributed by atoms with Gasteiger partial charge in [-0.3, -0.25) is 0 Å². The van der Waals surface area contributed by atoms with Crippen LogP contribution < -0.4 is 10.1 Å². The van der Waals surface area contributed by atoms with Crippen molar-refractivity contribution < 1.29 is 14.3 Å². The SMILES string of the molecule is COC(=O)C(C)(C)Nc1ccccc1OC. The lowest BCUT2D eigenvalue weighted by molar-refractivity contribution is -0.144. The van der Waals surface area contributed by atoms with Crippen LogP contribution in [0, 0.1) is 0 Å². The number of hydrogen-bond donors (Lipinski definition) is 1. The van der Waals surface area contributed by atoms with Gasteiger partial charge in [0, 0.05) is 0 Å². The van der Waals surface area contributed by atoms with Crippen LogP contribution in [0.1, 0.15) is 13.8 Å². The van der Waals surface area contributed by atoms with Crippen molar-refractivity contribution >= 4 is 11.7 Å². The maximum Gasteiger partial charge on any atom is 0.330 e. The van der Waals surface area contributed by atoms with Crippen molar-refractivity contribution in [3.63, 3.8) is 0 Å². The summed E-state index contributed by atoms with van der Waals surface area (Å²) in [7, 11) is 2.96. The number of para-hydroxylation sites is 2. The number of carbonyl (C=O) groups is 1. The summed E-state index contributed by atoms with van der Waals surface area (Å²) in [6.45, 7) is 3.51. The van der Waals surface area contributed by atoms with E-state index in [0.29, 0.717) is 5.75 Å². The highest BCUT2D eigenvalue weighted by Crippen LogP contribution is 2.26. The van der Waals surface area contributed by atoms with Gasteiger partial charge >= 0.3 is 5.97 Å². The number of hydrogen-bond acceptors (Lipinski definition) is 4. The summed E-state index contributed by atoms with van der Waals surface area (Å²) in [5, 5.41) is 3.09. The Hall–Kier alpha value is -1.71. The summed E-state index contributed by atoms with van der Waals surface area (Å²) >= 11 is 0. The maximum atomic E-state index is 11.5. The summed E-state index contributed by atoms with van der Waals surface area (Å²) in [5.41, 5.74) is -0.0241. The fraction of sp³-hybridized carbons (Fsp3) is 0.417. The fourth-order valence-corrected chi connectivity index (χ4v) is 1.39. The molecule has 1 aromatic carbocycles. The Bertz CT molecular complexity index is 374. The standard InChI is InChI=1S/C12H17NO3/c1-12(2,11(14)16-4)13-9-7-5-6-8-10(9)15-3/h5-8,13H,1-4H3. The van der Waals surface area contributed by atoms with E-state index in [2.05, 4.69) is 5.32 Å². The molecule has 0 aliphatic rings. The lowest BCUT2D eigenvalue weighted by Gasteiger charge is -2.25. The second-order valence-electron chi connectivity index (χ2n) is 3.94. The minimum atomic E-state index is -0.788. The second kappa shape index (κ2) is 4.88. The molecule has 4 nitrogen and oxygen atoms in total. The van der Waals surface area contributed by atoms with Crippen molar-refractivity contribution in [2.45, 2.75) is 19.4 Å². The van der Waals surface area contributed by atoms with Crippen LogP contribution >= 0.6 is 0 Å². The molecule has 4 heteroatoms. The largest absolute Gasteiger partial charge is 0.495 e. The quantitative estimate of drug-likeness (QED) is 0.794. The average Bonchev–Trinajstić information content (AvgIpc) is 2.28. The van der Waals surface area contributed by atoms with Gasteiger partial charge in [-0.25, -0.2) is 4.79 Å². The molecule has 1 N–H and O–H groups in total. The monoisotopic (exact) mass is 223 g/mol. The zero-order chi connectivity index (χ0) is 12.2. The third-order valence-corrected chi connectivity index (χ3v) is 2.25. The molecule has 0 heterocycles. The molecule has 0 saturated heterocycles. The first kappa shape index (κ1) is 12.4. The van der Waals surface area contributed by atoms with Gasteiger partial charge in [-0.15, -0.1) is 0 Å². The molecule has 0 bridgehead atoms. The number of anilines is 1. The van der Waals surface area contributed by atoms with Crippen molar-refractivity contribution in [1.29, 1.82) is 0 Å². The zero-order valence-corrected chi connectivity index (χ0v) is 10.0. The lowest BCUT2D eigenvalue weighted by atomic mass is 10.1. The van der Waals surface area contributed by atoms with Gasteiger partial charge in [0.1, 0.15) is 11.3 Å². The summed E-state index contributed by atoms with van der Waals surface area (Å²) in [4.78, 5) is 11.5. The number of rotatable bonds is 4. The van der Waals surface area contributed by atoms with E-state index in [1.54, 1.807) is 21.0 Å². The summed E-state index contributed by atoms with van der Waals surface area (Å²) in [6.07, 6.45) is 0. The van der Waals surface area contributed by atoms with E-state index in [0.717, 1.165) is 5.69 Å². The number of ether oxygens (including phenoxy) is 2. The molecule has 1 rings (SSSR count). The molecule has 0 spiro atoms. The van der Waals surface area contributed by atoms with Gasteiger partial charge in [-0.05, 0) is 26.0 Å².